The standard InChI is InChI=1S/C17H23NO6S/c1-2-3-10-25(22,23)15-6-4-13(5-7-15)17(21)18-8-9-24-12-14(18)11-16(19)20/h4-7,14H,2-3,8-12H2,1H3,(H,19,20). The summed E-state index contributed by atoms with van der Waals surface area (Å²) in [7, 11) is -3.34. The molecule has 0 bridgehead atoms. The normalized spacial score (nSPS) is 18.1. The number of sulfone groups is 1. The van der Waals surface area contributed by atoms with Crippen molar-refractivity contribution in [3.63, 3.8) is 0 Å². The third-order valence-corrected chi connectivity index (χ3v) is 5.94. The smallest absolute Gasteiger partial charge is 0.305 e. The average Bonchev–Trinajstić information content (AvgIpc) is 2.59. The van der Waals surface area contributed by atoms with Gasteiger partial charge in [0.2, 0.25) is 0 Å². The van der Waals surface area contributed by atoms with E-state index in [9.17, 15) is 18.0 Å². The molecular weight excluding hydrogens is 346 g/mol. The van der Waals surface area contributed by atoms with E-state index in [4.69, 9.17) is 9.84 Å². The number of carboxylic acid groups (broad SMARTS) is 1. The lowest BCUT2D eigenvalue weighted by molar-refractivity contribution is -0.139. The number of morpholine rings is 1. The Morgan fingerprint density at radius 3 is 2.56 bits per heavy atom. The number of aliphatic carboxylic acids is 1. The zero-order chi connectivity index (χ0) is 18.4. The van der Waals surface area contributed by atoms with Crippen molar-refractivity contribution in [1.82, 2.24) is 4.90 Å². The molecule has 1 aromatic rings. The number of hydrogen-bond donors (Lipinski definition) is 1. The zero-order valence-corrected chi connectivity index (χ0v) is 15.0. The van der Waals surface area contributed by atoms with Crippen LogP contribution in [0.5, 0.6) is 0 Å². The van der Waals surface area contributed by atoms with Crippen molar-refractivity contribution in [3.8, 4) is 0 Å². The molecule has 0 saturated carbocycles. The van der Waals surface area contributed by atoms with Crippen LogP contribution in [0.15, 0.2) is 29.2 Å². The number of amides is 1. The van der Waals surface area contributed by atoms with Crippen molar-refractivity contribution >= 4 is 21.7 Å². The van der Waals surface area contributed by atoms with E-state index in [1.807, 2.05) is 6.92 Å². The van der Waals surface area contributed by atoms with E-state index in [0.717, 1.165) is 6.42 Å². The van der Waals surface area contributed by atoms with Crippen LogP contribution in [-0.2, 0) is 19.4 Å². The molecule has 7 nitrogen and oxygen atoms in total. The van der Waals surface area contributed by atoms with Crippen LogP contribution in [-0.4, -0.2) is 61.9 Å². The first-order valence-corrected chi connectivity index (χ1v) is 9.93. The second-order valence-electron chi connectivity index (χ2n) is 6.02. The number of benzene rings is 1. The predicted octanol–water partition coefficient (Wildman–Crippen LogP) is 1.58. The Morgan fingerprint density at radius 1 is 1.28 bits per heavy atom. The minimum Gasteiger partial charge on any atom is -0.481 e. The van der Waals surface area contributed by atoms with Gasteiger partial charge in [0, 0.05) is 12.1 Å². The molecule has 1 aliphatic heterocycles. The molecule has 0 spiro atoms. The molecule has 1 N–H and O–H groups in total. The maximum Gasteiger partial charge on any atom is 0.305 e. The molecule has 1 unspecified atom stereocenters. The molecule has 8 heteroatoms. The largest absolute Gasteiger partial charge is 0.481 e. The van der Waals surface area contributed by atoms with E-state index in [-0.39, 0.29) is 29.6 Å². The first-order chi connectivity index (χ1) is 11.8. The number of hydrogen-bond acceptors (Lipinski definition) is 5. The quantitative estimate of drug-likeness (QED) is 0.783. The zero-order valence-electron chi connectivity index (χ0n) is 14.2. The van der Waals surface area contributed by atoms with Crippen LogP contribution in [0.3, 0.4) is 0 Å². The highest BCUT2D eigenvalue weighted by Crippen LogP contribution is 2.18. The molecule has 138 valence electrons. The highest BCUT2D eigenvalue weighted by atomic mass is 32.2. The molecule has 1 atom stereocenters. The second-order valence-corrected chi connectivity index (χ2v) is 8.13. The lowest BCUT2D eigenvalue weighted by Gasteiger charge is -2.34. The summed E-state index contributed by atoms with van der Waals surface area (Å²) in [6, 6.07) is 5.31. The third kappa shape index (κ3) is 5.02. The topological polar surface area (TPSA) is 101 Å². The van der Waals surface area contributed by atoms with Gasteiger partial charge in [0.25, 0.3) is 5.91 Å². The van der Waals surface area contributed by atoms with E-state index < -0.39 is 21.8 Å². The summed E-state index contributed by atoms with van der Waals surface area (Å²) in [5.74, 6) is -1.22. The van der Waals surface area contributed by atoms with E-state index >= 15 is 0 Å². The maximum absolute atomic E-state index is 12.7. The Balaban J connectivity index is 2.15. The van der Waals surface area contributed by atoms with Crippen molar-refractivity contribution in [2.75, 3.05) is 25.5 Å². The summed E-state index contributed by atoms with van der Waals surface area (Å²) >= 11 is 0. The molecule has 1 heterocycles. The lowest BCUT2D eigenvalue weighted by atomic mass is 10.1. The fraction of sp³-hybridized carbons (Fsp3) is 0.529. The Kier molecular flexibility index (Phi) is 6.55. The second kappa shape index (κ2) is 8.44. The highest BCUT2D eigenvalue weighted by molar-refractivity contribution is 7.91. The van der Waals surface area contributed by atoms with E-state index in [0.29, 0.717) is 25.1 Å². The van der Waals surface area contributed by atoms with Crippen molar-refractivity contribution in [2.45, 2.75) is 37.1 Å². The summed E-state index contributed by atoms with van der Waals surface area (Å²) in [5, 5.41) is 8.97. The molecule has 25 heavy (non-hydrogen) atoms. The first kappa shape index (κ1) is 19.4. The van der Waals surface area contributed by atoms with Gasteiger partial charge in [0.15, 0.2) is 9.84 Å². The molecule has 1 aromatic carbocycles. The molecular formula is C17H23NO6S. The fourth-order valence-electron chi connectivity index (χ4n) is 2.72. The van der Waals surface area contributed by atoms with Crippen molar-refractivity contribution in [1.29, 1.82) is 0 Å². The maximum atomic E-state index is 12.7. The van der Waals surface area contributed by atoms with Gasteiger partial charge in [-0.2, -0.15) is 0 Å². The Hall–Kier alpha value is -1.93. The van der Waals surface area contributed by atoms with Gasteiger partial charge in [0.05, 0.1) is 36.3 Å². The SMILES string of the molecule is CCCCS(=O)(=O)c1ccc(C(=O)N2CCOCC2CC(=O)O)cc1. The first-order valence-electron chi connectivity index (χ1n) is 8.28. The van der Waals surface area contributed by atoms with E-state index in [2.05, 4.69) is 0 Å². The van der Waals surface area contributed by atoms with Gasteiger partial charge in [-0.05, 0) is 30.7 Å². The molecule has 1 aliphatic rings. The highest BCUT2D eigenvalue weighted by Gasteiger charge is 2.30. The van der Waals surface area contributed by atoms with Crippen LogP contribution < -0.4 is 0 Å². The summed E-state index contributed by atoms with van der Waals surface area (Å²) < 4.78 is 29.6. The van der Waals surface area contributed by atoms with Crippen LogP contribution in [0.25, 0.3) is 0 Å². The van der Waals surface area contributed by atoms with Crippen molar-refractivity contribution in [3.05, 3.63) is 29.8 Å². The summed E-state index contributed by atoms with van der Waals surface area (Å²) in [5.41, 5.74) is 0.340. The Morgan fingerprint density at radius 2 is 1.96 bits per heavy atom. The predicted molar refractivity (Wildman–Crippen MR) is 91.3 cm³/mol. The van der Waals surface area contributed by atoms with Crippen molar-refractivity contribution in [2.24, 2.45) is 0 Å². The van der Waals surface area contributed by atoms with Gasteiger partial charge >= 0.3 is 5.97 Å². The van der Waals surface area contributed by atoms with Crippen LogP contribution in [0.2, 0.25) is 0 Å². The number of carbonyl (C=O) groups excluding carboxylic acids is 1. The van der Waals surface area contributed by atoms with Crippen LogP contribution >= 0.6 is 0 Å². The third-order valence-electron chi connectivity index (χ3n) is 4.13. The summed E-state index contributed by atoms with van der Waals surface area (Å²) in [6.07, 6.45) is 1.20. The molecule has 0 aromatic heterocycles. The van der Waals surface area contributed by atoms with Crippen LogP contribution in [0.4, 0.5) is 0 Å². The minimum atomic E-state index is -3.34. The number of nitrogens with zero attached hydrogens (tertiary/aromatic N) is 1. The van der Waals surface area contributed by atoms with Gasteiger partial charge in [-0.1, -0.05) is 13.3 Å². The van der Waals surface area contributed by atoms with Crippen LogP contribution in [0, 0.1) is 0 Å². The molecule has 0 aliphatic carbocycles. The average molecular weight is 369 g/mol. The molecule has 1 amide bonds. The molecule has 1 saturated heterocycles. The fourth-order valence-corrected chi connectivity index (χ4v) is 4.17. The van der Waals surface area contributed by atoms with Gasteiger partial charge in [-0.15, -0.1) is 0 Å². The number of carboxylic acids is 1. The molecule has 0 radical (unpaired) electrons. The molecule has 2 rings (SSSR count). The summed E-state index contributed by atoms with van der Waals surface area (Å²) in [4.78, 5) is 25.3. The van der Waals surface area contributed by atoms with Gasteiger partial charge in [0.1, 0.15) is 0 Å². The number of ether oxygens (including phenoxy) is 1. The van der Waals surface area contributed by atoms with E-state index in [1.165, 1.54) is 29.2 Å². The van der Waals surface area contributed by atoms with E-state index in [1.54, 1.807) is 0 Å². The summed E-state index contributed by atoms with van der Waals surface area (Å²) in [6.45, 7) is 2.77. The Bertz CT molecular complexity index is 713. The van der Waals surface area contributed by atoms with Crippen molar-refractivity contribution < 1.29 is 27.9 Å². The number of unbranched alkanes of at least 4 members (excludes halogenated alkanes) is 1. The van der Waals surface area contributed by atoms with Gasteiger partial charge in [-0.25, -0.2) is 8.42 Å². The molecule has 1 fully saturated rings. The monoisotopic (exact) mass is 369 g/mol. The number of carbonyl (C=O) groups is 2. The number of rotatable bonds is 7. The van der Waals surface area contributed by atoms with Crippen LogP contribution in [0.1, 0.15) is 36.5 Å². The van der Waals surface area contributed by atoms with Gasteiger partial charge < -0.3 is 14.7 Å². The van der Waals surface area contributed by atoms with Gasteiger partial charge in [-0.3, -0.25) is 9.59 Å². The lowest BCUT2D eigenvalue weighted by Crippen LogP contribution is -2.49. The Labute approximate surface area is 147 Å². The minimum absolute atomic E-state index is 0.0843.